The number of rotatable bonds is 4. The molecule has 2 amide bonds. The number of hydrogen-bond donors (Lipinski definition) is 2. The molecule has 5 rings (SSSR count). The van der Waals surface area contributed by atoms with Gasteiger partial charge in [-0.15, -0.1) is 11.8 Å². The SMILES string of the molecule is O=C(Nc1ccc(N2CCCC2)cc1)NC1CCN(c2ncnc3c2SCC3)C1. The van der Waals surface area contributed by atoms with Crippen LogP contribution in [0.15, 0.2) is 35.5 Å². The monoisotopic (exact) mass is 410 g/mol. The van der Waals surface area contributed by atoms with Crippen molar-refractivity contribution in [3.8, 4) is 0 Å². The lowest BCUT2D eigenvalue weighted by Gasteiger charge is -2.20. The summed E-state index contributed by atoms with van der Waals surface area (Å²) in [5.74, 6) is 2.11. The number of benzene rings is 1. The highest BCUT2D eigenvalue weighted by molar-refractivity contribution is 7.99. The second-order valence-electron chi connectivity index (χ2n) is 7.84. The topological polar surface area (TPSA) is 73.4 Å². The van der Waals surface area contributed by atoms with E-state index in [4.69, 9.17) is 0 Å². The number of nitrogens with one attached hydrogen (secondary N) is 2. The van der Waals surface area contributed by atoms with Crippen molar-refractivity contribution in [3.05, 3.63) is 36.3 Å². The first kappa shape index (κ1) is 18.5. The summed E-state index contributed by atoms with van der Waals surface area (Å²) in [5, 5.41) is 6.08. The Morgan fingerprint density at radius 1 is 1.07 bits per heavy atom. The number of carbonyl (C=O) groups excluding carboxylic acids is 1. The molecule has 1 aromatic carbocycles. The van der Waals surface area contributed by atoms with Crippen LogP contribution in [0.2, 0.25) is 0 Å². The minimum atomic E-state index is -0.145. The Hall–Kier alpha value is -2.48. The Labute approximate surface area is 175 Å². The second kappa shape index (κ2) is 8.10. The van der Waals surface area contributed by atoms with Gasteiger partial charge in [0.2, 0.25) is 0 Å². The third kappa shape index (κ3) is 3.99. The average molecular weight is 411 g/mol. The number of urea groups is 1. The summed E-state index contributed by atoms with van der Waals surface area (Å²) >= 11 is 1.84. The van der Waals surface area contributed by atoms with Crippen molar-refractivity contribution in [3.63, 3.8) is 0 Å². The molecule has 0 spiro atoms. The number of nitrogens with zero attached hydrogens (tertiary/aromatic N) is 4. The fourth-order valence-corrected chi connectivity index (χ4v) is 5.49. The number of hydrogen-bond acceptors (Lipinski definition) is 6. The molecule has 2 fully saturated rings. The van der Waals surface area contributed by atoms with E-state index in [0.29, 0.717) is 0 Å². The van der Waals surface area contributed by atoms with Gasteiger partial charge in [-0.05, 0) is 43.5 Å². The van der Waals surface area contributed by atoms with E-state index >= 15 is 0 Å². The summed E-state index contributed by atoms with van der Waals surface area (Å²) in [6.07, 6.45) is 6.13. The maximum absolute atomic E-state index is 12.5. The van der Waals surface area contributed by atoms with Crippen LogP contribution in [0.4, 0.5) is 22.0 Å². The van der Waals surface area contributed by atoms with Gasteiger partial charge in [-0.3, -0.25) is 0 Å². The maximum atomic E-state index is 12.5. The number of fused-ring (bicyclic) bond motifs is 1. The first-order chi connectivity index (χ1) is 14.3. The van der Waals surface area contributed by atoms with E-state index in [0.717, 1.165) is 62.0 Å². The van der Waals surface area contributed by atoms with Crippen LogP contribution < -0.4 is 20.4 Å². The Morgan fingerprint density at radius 2 is 1.90 bits per heavy atom. The molecule has 1 aromatic heterocycles. The van der Waals surface area contributed by atoms with E-state index in [1.807, 2.05) is 23.9 Å². The van der Waals surface area contributed by atoms with Gasteiger partial charge < -0.3 is 20.4 Å². The van der Waals surface area contributed by atoms with Crippen LogP contribution in [0.5, 0.6) is 0 Å². The largest absolute Gasteiger partial charge is 0.372 e. The zero-order valence-electron chi connectivity index (χ0n) is 16.4. The molecule has 2 aromatic rings. The van der Waals surface area contributed by atoms with Crippen molar-refractivity contribution in [2.75, 3.05) is 47.0 Å². The number of anilines is 3. The summed E-state index contributed by atoms with van der Waals surface area (Å²) in [4.78, 5) is 27.2. The lowest BCUT2D eigenvalue weighted by molar-refractivity contribution is 0.249. The molecule has 0 aliphatic carbocycles. The quantitative estimate of drug-likeness (QED) is 0.807. The smallest absolute Gasteiger partial charge is 0.319 e. The van der Waals surface area contributed by atoms with Crippen LogP contribution in [0.3, 0.4) is 0 Å². The minimum Gasteiger partial charge on any atom is -0.372 e. The van der Waals surface area contributed by atoms with Gasteiger partial charge in [-0.1, -0.05) is 0 Å². The zero-order chi connectivity index (χ0) is 19.6. The van der Waals surface area contributed by atoms with Gasteiger partial charge in [0.05, 0.1) is 10.6 Å². The molecule has 29 heavy (non-hydrogen) atoms. The standard InChI is InChI=1S/C21H26N6OS/c28-21(24-15-3-5-17(6-4-15)26-9-1-2-10-26)25-16-7-11-27(13-16)20-19-18(8-12-29-19)22-14-23-20/h3-6,14,16H,1-2,7-13H2,(H2,24,25,28). The van der Waals surface area contributed by atoms with Crippen LogP contribution in [0.25, 0.3) is 0 Å². The molecule has 0 bridgehead atoms. The van der Waals surface area contributed by atoms with Crippen LogP contribution in [-0.2, 0) is 6.42 Å². The highest BCUT2D eigenvalue weighted by Gasteiger charge is 2.29. The molecule has 0 saturated carbocycles. The van der Waals surface area contributed by atoms with Gasteiger partial charge in [0.15, 0.2) is 0 Å². The van der Waals surface area contributed by atoms with Crippen molar-refractivity contribution in [2.24, 2.45) is 0 Å². The average Bonchev–Trinajstić information content (AvgIpc) is 3.49. The van der Waals surface area contributed by atoms with E-state index in [1.54, 1.807) is 6.33 Å². The fraction of sp³-hybridized carbons (Fsp3) is 0.476. The molecule has 3 aliphatic rings. The highest BCUT2D eigenvalue weighted by atomic mass is 32.2. The molecule has 2 saturated heterocycles. The van der Waals surface area contributed by atoms with E-state index in [2.05, 4.69) is 42.5 Å². The Kier molecular flexibility index (Phi) is 5.18. The molecule has 3 aliphatic heterocycles. The molecule has 0 radical (unpaired) electrons. The Morgan fingerprint density at radius 3 is 2.72 bits per heavy atom. The highest BCUT2D eigenvalue weighted by Crippen LogP contribution is 2.37. The normalized spacial score (nSPS) is 20.8. The maximum Gasteiger partial charge on any atom is 0.319 e. The van der Waals surface area contributed by atoms with Gasteiger partial charge in [0, 0.05) is 55.8 Å². The number of carbonyl (C=O) groups is 1. The fourth-order valence-electron chi connectivity index (χ4n) is 4.35. The molecular formula is C21H26N6OS. The molecule has 152 valence electrons. The predicted octanol–water partition coefficient (Wildman–Crippen LogP) is 3.13. The Bertz CT molecular complexity index is 883. The number of aryl methyl sites for hydroxylation is 1. The van der Waals surface area contributed by atoms with E-state index < -0.39 is 0 Å². The van der Waals surface area contributed by atoms with Gasteiger partial charge in [0.1, 0.15) is 12.1 Å². The molecule has 1 atom stereocenters. The lowest BCUT2D eigenvalue weighted by atomic mass is 10.2. The van der Waals surface area contributed by atoms with Crippen LogP contribution in [-0.4, -0.2) is 54.0 Å². The first-order valence-corrected chi connectivity index (χ1v) is 11.4. The molecule has 2 N–H and O–H groups in total. The third-order valence-electron chi connectivity index (χ3n) is 5.86. The van der Waals surface area contributed by atoms with Crippen molar-refractivity contribution in [2.45, 2.75) is 36.6 Å². The van der Waals surface area contributed by atoms with E-state index in [9.17, 15) is 4.79 Å². The molecule has 8 heteroatoms. The van der Waals surface area contributed by atoms with Gasteiger partial charge in [-0.25, -0.2) is 14.8 Å². The van der Waals surface area contributed by atoms with Crippen molar-refractivity contribution >= 4 is 35.0 Å². The molecular weight excluding hydrogens is 384 g/mol. The first-order valence-electron chi connectivity index (χ1n) is 10.4. The zero-order valence-corrected chi connectivity index (χ0v) is 17.2. The van der Waals surface area contributed by atoms with Crippen LogP contribution >= 0.6 is 11.8 Å². The molecule has 4 heterocycles. The lowest BCUT2D eigenvalue weighted by Crippen LogP contribution is -2.39. The van der Waals surface area contributed by atoms with E-state index in [1.165, 1.54) is 23.4 Å². The predicted molar refractivity (Wildman–Crippen MR) is 117 cm³/mol. The number of thioether (sulfide) groups is 1. The number of amides is 2. The summed E-state index contributed by atoms with van der Waals surface area (Å²) in [5.41, 5.74) is 3.21. The van der Waals surface area contributed by atoms with Crippen LogP contribution in [0, 0.1) is 0 Å². The van der Waals surface area contributed by atoms with Gasteiger partial charge in [0.25, 0.3) is 0 Å². The molecule has 1 unspecified atom stereocenters. The number of aromatic nitrogens is 2. The summed E-state index contributed by atoms with van der Waals surface area (Å²) < 4.78 is 0. The summed E-state index contributed by atoms with van der Waals surface area (Å²) in [6, 6.07) is 8.12. The molecule has 7 nitrogen and oxygen atoms in total. The second-order valence-corrected chi connectivity index (χ2v) is 8.95. The summed E-state index contributed by atoms with van der Waals surface area (Å²) in [7, 11) is 0. The van der Waals surface area contributed by atoms with Crippen molar-refractivity contribution in [1.82, 2.24) is 15.3 Å². The Balaban J connectivity index is 1.15. The van der Waals surface area contributed by atoms with Crippen molar-refractivity contribution < 1.29 is 4.79 Å². The van der Waals surface area contributed by atoms with E-state index in [-0.39, 0.29) is 12.1 Å². The third-order valence-corrected chi connectivity index (χ3v) is 6.98. The van der Waals surface area contributed by atoms with Crippen molar-refractivity contribution in [1.29, 1.82) is 0 Å². The van der Waals surface area contributed by atoms with Crippen LogP contribution in [0.1, 0.15) is 25.0 Å². The summed E-state index contributed by atoms with van der Waals surface area (Å²) in [6.45, 7) is 3.93. The minimum absolute atomic E-state index is 0.121. The van der Waals surface area contributed by atoms with Gasteiger partial charge in [-0.2, -0.15) is 0 Å². The van der Waals surface area contributed by atoms with Gasteiger partial charge >= 0.3 is 6.03 Å².